The number of methoxy groups -OCH3 is 1. The molecular weight excluding hydrogens is 240 g/mol. The number of benzene rings is 1. The zero-order chi connectivity index (χ0) is 14.0. The molecule has 2 unspecified atom stereocenters. The second kappa shape index (κ2) is 5.31. The third kappa shape index (κ3) is 2.65. The number of hydrogen-bond acceptors (Lipinski definition) is 3. The third-order valence-electron chi connectivity index (χ3n) is 3.79. The molecule has 0 fully saturated rings. The summed E-state index contributed by atoms with van der Waals surface area (Å²) >= 11 is 0. The van der Waals surface area contributed by atoms with E-state index in [0.717, 1.165) is 23.1 Å². The van der Waals surface area contributed by atoms with Crippen LogP contribution in [-0.4, -0.2) is 33.7 Å². The molecule has 1 aromatic heterocycles. The quantitative estimate of drug-likeness (QED) is 0.900. The highest BCUT2D eigenvalue weighted by atomic mass is 16.5. The Morgan fingerprint density at radius 3 is 2.74 bits per heavy atom. The van der Waals surface area contributed by atoms with Crippen molar-refractivity contribution in [3.63, 3.8) is 0 Å². The van der Waals surface area contributed by atoms with Crippen molar-refractivity contribution in [2.45, 2.75) is 45.4 Å². The van der Waals surface area contributed by atoms with E-state index in [-0.39, 0.29) is 6.10 Å². The molecule has 104 valence electrons. The largest absolute Gasteiger partial charge is 0.387 e. The average molecular weight is 262 g/mol. The van der Waals surface area contributed by atoms with Crippen LogP contribution in [0.1, 0.15) is 26.5 Å². The van der Waals surface area contributed by atoms with Gasteiger partial charge in [0.25, 0.3) is 0 Å². The van der Waals surface area contributed by atoms with Gasteiger partial charge < -0.3 is 9.84 Å². The fourth-order valence-corrected chi connectivity index (χ4v) is 2.30. The molecule has 4 nitrogen and oxygen atoms in total. The predicted molar refractivity (Wildman–Crippen MR) is 76.2 cm³/mol. The van der Waals surface area contributed by atoms with E-state index in [9.17, 15) is 5.11 Å². The van der Waals surface area contributed by atoms with Crippen molar-refractivity contribution >= 4 is 10.9 Å². The van der Waals surface area contributed by atoms with Gasteiger partial charge in [0.2, 0.25) is 0 Å². The maximum absolute atomic E-state index is 10.5. The van der Waals surface area contributed by atoms with Crippen LogP contribution in [0.4, 0.5) is 0 Å². The molecule has 2 rings (SSSR count). The van der Waals surface area contributed by atoms with Crippen LogP contribution in [0.15, 0.2) is 24.3 Å². The summed E-state index contributed by atoms with van der Waals surface area (Å²) in [6, 6.07) is 8.12. The van der Waals surface area contributed by atoms with Gasteiger partial charge in [-0.15, -0.1) is 0 Å². The first-order valence-corrected chi connectivity index (χ1v) is 6.69. The van der Waals surface area contributed by atoms with Crippen LogP contribution >= 0.6 is 0 Å². The minimum atomic E-state index is -0.926. The standard InChI is InChI=1S/C15H22N2O2/c1-5-17-14-9-7-6-8-12(14)13(16-17)10-15(3,18)11(2)19-4/h6-9,11,18H,5,10H2,1-4H3. The molecule has 19 heavy (non-hydrogen) atoms. The molecule has 0 aliphatic carbocycles. The van der Waals surface area contributed by atoms with Crippen LogP contribution in [0.5, 0.6) is 0 Å². The summed E-state index contributed by atoms with van der Waals surface area (Å²) in [6.07, 6.45) is 0.244. The Morgan fingerprint density at radius 1 is 1.42 bits per heavy atom. The van der Waals surface area contributed by atoms with E-state index >= 15 is 0 Å². The van der Waals surface area contributed by atoms with Gasteiger partial charge in [0.15, 0.2) is 0 Å². The van der Waals surface area contributed by atoms with Crippen molar-refractivity contribution in [1.29, 1.82) is 0 Å². The summed E-state index contributed by atoms with van der Waals surface area (Å²) in [6.45, 7) is 6.56. The van der Waals surface area contributed by atoms with Gasteiger partial charge in [0.05, 0.1) is 22.9 Å². The second-order valence-electron chi connectivity index (χ2n) is 5.19. The normalized spacial score (nSPS) is 16.5. The van der Waals surface area contributed by atoms with E-state index in [1.165, 1.54) is 0 Å². The van der Waals surface area contributed by atoms with Gasteiger partial charge >= 0.3 is 0 Å². The summed E-state index contributed by atoms with van der Waals surface area (Å²) in [5.41, 5.74) is 1.11. The Labute approximate surface area is 114 Å². The number of aliphatic hydroxyl groups is 1. The number of aryl methyl sites for hydroxylation is 1. The number of fused-ring (bicyclic) bond motifs is 1. The lowest BCUT2D eigenvalue weighted by atomic mass is 9.93. The first kappa shape index (κ1) is 14.0. The van der Waals surface area contributed by atoms with Crippen LogP contribution in [0.25, 0.3) is 10.9 Å². The maximum atomic E-state index is 10.5. The molecular formula is C15H22N2O2. The van der Waals surface area contributed by atoms with Crippen molar-refractivity contribution in [1.82, 2.24) is 9.78 Å². The molecule has 0 spiro atoms. The van der Waals surface area contributed by atoms with Gasteiger partial charge in [-0.05, 0) is 26.8 Å². The maximum Gasteiger partial charge on any atom is 0.0933 e. The molecule has 0 bridgehead atoms. The van der Waals surface area contributed by atoms with Gasteiger partial charge in [0.1, 0.15) is 0 Å². The lowest BCUT2D eigenvalue weighted by molar-refractivity contribution is -0.0719. The highest BCUT2D eigenvalue weighted by Gasteiger charge is 2.30. The molecule has 0 radical (unpaired) electrons. The molecule has 4 heteroatoms. The molecule has 1 aromatic carbocycles. The Hall–Kier alpha value is -1.39. The highest BCUT2D eigenvalue weighted by molar-refractivity contribution is 5.82. The van der Waals surface area contributed by atoms with Crippen LogP contribution in [0.3, 0.4) is 0 Å². The summed E-state index contributed by atoms with van der Waals surface area (Å²) in [5, 5.41) is 16.2. The number of para-hydroxylation sites is 1. The summed E-state index contributed by atoms with van der Waals surface area (Å²) < 4.78 is 7.22. The van der Waals surface area contributed by atoms with E-state index < -0.39 is 5.60 Å². The van der Waals surface area contributed by atoms with Gasteiger partial charge in [-0.2, -0.15) is 5.10 Å². The molecule has 2 atom stereocenters. The summed E-state index contributed by atoms with van der Waals surface area (Å²) in [4.78, 5) is 0. The topological polar surface area (TPSA) is 47.3 Å². The first-order chi connectivity index (χ1) is 8.99. The summed E-state index contributed by atoms with van der Waals surface area (Å²) in [5.74, 6) is 0. The van der Waals surface area contributed by atoms with Crippen LogP contribution in [0.2, 0.25) is 0 Å². The fraction of sp³-hybridized carbons (Fsp3) is 0.533. The van der Waals surface area contributed by atoms with Gasteiger partial charge in [0, 0.05) is 25.5 Å². The predicted octanol–water partition coefficient (Wildman–Crippen LogP) is 2.38. The number of aromatic nitrogens is 2. The Balaban J connectivity index is 2.41. The molecule has 2 aromatic rings. The van der Waals surface area contributed by atoms with E-state index in [1.807, 2.05) is 23.7 Å². The van der Waals surface area contributed by atoms with Crippen molar-refractivity contribution in [2.75, 3.05) is 7.11 Å². The van der Waals surface area contributed by atoms with Crippen LogP contribution in [-0.2, 0) is 17.7 Å². The Kier molecular flexibility index (Phi) is 3.92. The monoisotopic (exact) mass is 262 g/mol. The Morgan fingerprint density at radius 2 is 2.11 bits per heavy atom. The van der Waals surface area contributed by atoms with Crippen LogP contribution in [0, 0.1) is 0 Å². The van der Waals surface area contributed by atoms with Crippen molar-refractivity contribution in [3.8, 4) is 0 Å². The smallest absolute Gasteiger partial charge is 0.0933 e. The molecule has 0 amide bonds. The molecule has 0 saturated carbocycles. The van der Waals surface area contributed by atoms with Crippen molar-refractivity contribution in [2.24, 2.45) is 0 Å². The number of ether oxygens (including phenoxy) is 1. The van der Waals surface area contributed by atoms with Crippen LogP contribution < -0.4 is 0 Å². The van der Waals surface area contributed by atoms with Gasteiger partial charge in [-0.3, -0.25) is 4.68 Å². The van der Waals surface area contributed by atoms with E-state index in [1.54, 1.807) is 14.0 Å². The van der Waals surface area contributed by atoms with E-state index in [2.05, 4.69) is 24.2 Å². The first-order valence-electron chi connectivity index (χ1n) is 6.69. The van der Waals surface area contributed by atoms with Gasteiger partial charge in [-0.1, -0.05) is 18.2 Å². The lowest BCUT2D eigenvalue weighted by Gasteiger charge is -2.28. The zero-order valence-electron chi connectivity index (χ0n) is 12.1. The fourth-order valence-electron chi connectivity index (χ4n) is 2.30. The third-order valence-corrected chi connectivity index (χ3v) is 3.79. The number of nitrogens with zero attached hydrogens (tertiary/aromatic N) is 2. The molecule has 0 saturated heterocycles. The van der Waals surface area contributed by atoms with E-state index in [4.69, 9.17) is 4.74 Å². The lowest BCUT2D eigenvalue weighted by Crippen LogP contribution is -2.40. The zero-order valence-corrected chi connectivity index (χ0v) is 12.1. The Bertz CT molecular complexity index is 560. The molecule has 0 aliphatic heterocycles. The van der Waals surface area contributed by atoms with Gasteiger partial charge in [-0.25, -0.2) is 0 Å². The van der Waals surface area contributed by atoms with Crippen molar-refractivity contribution in [3.05, 3.63) is 30.0 Å². The number of rotatable bonds is 5. The molecule has 1 heterocycles. The summed E-state index contributed by atoms with van der Waals surface area (Å²) in [7, 11) is 1.61. The molecule has 1 N–H and O–H groups in total. The minimum Gasteiger partial charge on any atom is -0.387 e. The second-order valence-corrected chi connectivity index (χ2v) is 5.19. The average Bonchev–Trinajstić information content (AvgIpc) is 2.75. The highest BCUT2D eigenvalue weighted by Crippen LogP contribution is 2.24. The molecule has 0 aliphatic rings. The van der Waals surface area contributed by atoms with Crippen molar-refractivity contribution < 1.29 is 9.84 Å². The SMILES string of the molecule is CCn1nc(CC(C)(O)C(C)OC)c2ccccc21. The number of hydrogen-bond donors (Lipinski definition) is 1. The van der Waals surface area contributed by atoms with E-state index in [0.29, 0.717) is 6.42 Å². The minimum absolute atomic E-state index is 0.238.